The highest BCUT2D eigenvalue weighted by Gasteiger charge is 2.37. The third kappa shape index (κ3) is 2.48. The maximum atomic E-state index is 11.8. The normalized spacial score (nSPS) is 16.7. The molecule has 3 rings (SSSR count). The molecule has 1 atom stereocenters. The predicted octanol–water partition coefficient (Wildman–Crippen LogP) is 0.808. The average Bonchev–Trinajstić information content (AvgIpc) is 2.98. The first-order chi connectivity index (χ1) is 11.0. The zero-order valence-corrected chi connectivity index (χ0v) is 12.5. The molecule has 1 aliphatic rings. The molecule has 4 N–H and O–H groups in total. The number of hydrogen-bond donors (Lipinski definition) is 2. The van der Waals surface area contributed by atoms with Crippen molar-refractivity contribution < 1.29 is 18.8 Å². The van der Waals surface area contributed by atoms with Gasteiger partial charge in [0.2, 0.25) is 0 Å². The summed E-state index contributed by atoms with van der Waals surface area (Å²) in [5.74, 6) is 0.507. The molecule has 3 amide bonds. The van der Waals surface area contributed by atoms with Crippen LogP contribution >= 0.6 is 0 Å². The molecule has 0 saturated heterocycles. The van der Waals surface area contributed by atoms with Crippen molar-refractivity contribution in [3.63, 3.8) is 0 Å². The molecule has 1 aromatic heterocycles. The first kappa shape index (κ1) is 14.9. The fraction of sp³-hybridized carbons (Fsp3) is 0.267. The third-order valence-corrected chi connectivity index (χ3v) is 3.92. The number of urea groups is 1. The number of hydrogen-bond acceptors (Lipinski definition) is 5. The van der Waals surface area contributed by atoms with Crippen molar-refractivity contribution in [3.05, 3.63) is 46.8 Å². The Labute approximate surface area is 132 Å². The Bertz CT molecular complexity index is 753. The Kier molecular flexibility index (Phi) is 3.65. The zero-order chi connectivity index (χ0) is 16.6. The molecule has 0 spiro atoms. The summed E-state index contributed by atoms with van der Waals surface area (Å²) in [7, 11) is 1.56. The van der Waals surface area contributed by atoms with Crippen LogP contribution in [0.4, 0.5) is 4.79 Å². The molecular weight excluding hydrogens is 300 g/mol. The van der Waals surface area contributed by atoms with E-state index < -0.39 is 18.0 Å². The number of amides is 3. The number of ether oxygens (including phenoxy) is 1. The Morgan fingerprint density at radius 2 is 2.00 bits per heavy atom. The van der Waals surface area contributed by atoms with Gasteiger partial charge >= 0.3 is 6.03 Å². The first-order valence-electron chi connectivity index (χ1n) is 7.01. The second-order valence-corrected chi connectivity index (χ2v) is 5.19. The Morgan fingerprint density at radius 3 is 2.57 bits per heavy atom. The minimum atomic E-state index is -0.708. The van der Waals surface area contributed by atoms with E-state index in [1.165, 1.54) is 4.90 Å². The summed E-state index contributed by atoms with van der Waals surface area (Å²) in [6.45, 7) is 0.367. The van der Waals surface area contributed by atoms with Gasteiger partial charge in [-0.2, -0.15) is 0 Å². The van der Waals surface area contributed by atoms with Crippen molar-refractivity contribution in [2.24, 2.45) is 11.5 Å². The van der Waals surface area contributed by atoms with Gasteiger partial charge in [-0.15, -0.1) is 0 Å². The maximum absolute atomic E-state index is 11.8. The third-order valence-electron chi connectivity index (χ3n) is 3.92. The van der Waals surface area contributed by atoms with Crippen LogP contribution in [0.1, 0.15) is 33.4 Å². The van der Waals surface area contributed by atoms with Crippen LogP contribution in [0.15, 0.2) is 28.8 Å². The van der Waals surface area contributed by atoms with E-state index in [-0.39, 0.29) is 5.69 Å². The van der Waals surface area contributed by atoms with Crippen LogP contribution in [-0.2, 0) is 6.42 Å². The van der Waals surface area contributed by atoms with E-state index in [1.807, 2.05) is 0 Å². The smallest absolute Gasteiger partial charge is 0.315 e. The lowest BCUT2D eigenvalue weighted by molar-refractivity contribution is 0.0989. The van der Waals surface area contributed by atoms with Crippen LogP contribution in [0.2, 0.25) is 0 Å². The second-order valence-electron chi connectivity index (χ2n) is 5.19. The first-order valence-corrected chi connectivity index (χ1v) is 7.01. The summed E-state index contributed by atoms with van der Waals surface area (Å²) in [5, 5.41) is 3.75. The van der Waals surface area contributed by atoms with Gasteiger partial charge in [-0.3, -0.25) is 4.79 Å². The van der Waals surface area contributed by atoms with Gasteiger partial charge in [-0.05, 0) is 17.7 Å². The van der Waals surface area contributed by atoms with Gasteiger partial charge in [0.05, 0.1) is 18.7 Å². The quantitative estimate of drug-likeness (QED) is 0.866. The molecular formula is C15H16N4O4. The Balaban J connectivity index is 2.14. The largest absolute Gasteiger partial charge is 0.497 e. The molecule has 2 heterocycles. The number of primary amides is 2. The summed E-state index contributed by atoms with van der Waals surface area (Å²) in [4.78, 5) is 24.9. The number of nitrogens with two attached hydrogens (primary N) is 2. The van der Waals surface area contributed by atoms with Crippen molar-refractivity contribution >= 4 is 11.9 Å². The van der Waals surface area contributed by atoms with Crippen LogP contribution in [0, 0.1) is 0 Å². The van der Waals surface area contributed by atoms with E-state index in [0.717, 1.165) is 5.56 Å². The zero-order valence-electron chi connectivity index (χ0n) is 12.5. The van der Waals surface area contributed by atoms with Crippen molar-refractivity contribution in [1.82, 2.24) is 10.1 Å². The number of fused-ring (bicyclic) bond motifs is 1. The summed E-state index contributed by atoms with van der Waals surface area (Å²) in [6.07, 6.45) is 0.422. The minimum Gasteiger partial charge on any atom is -0.497 e. The van der Waals surface area contributed by atoms with Crippen molar-refractivity contribution in [2.45, 2.75) is 12.5 Å². The molecule has 23 heavy (non-hydrogen) atoms. The SMILES string of the molecule is COc1ccc(C2c3c(C(N)=O)noc3CCN2C(N)=O)cc1. The highest BCUT2D eigenvalue weighted by atomic mass is 16.5. The lowest BCUT2D eigenvalue weighted by atomic mass is 9.91. The van der Waals surface area contributed by atoms with Gasteiger partial charge in [0.15, 0.2) is 5.69 Å². The number of aromatic nitrogens is 1. The van der Waals surface area contributed by atoms with E-state index in [9.17, 15) is 9.59 Å². The van der Waals surface area contributed by atoms with Gasteiger partial charge in [0, 0.05) is 13.0 Å². The molecule has 0 radical (unpaired) electrons. The number of methoxy groups -OCH3 is 1. The number of carbonyl (C=O) groups is 2. The van der Waals surface area contributed by atoms with E-state index in [4.69, 9.17) is 20.7 Å². The van der Waals surface area contributed by atoms with Gasteiger partial charge in [0.25, 0.3) is 5.91 Å². The molecule has 1 unspecified atom stereocenters. The molecule has 0 saturated carbocycles. The lowest BCUT2D eigenvalue weighted by Gasteiger charge is -2.34. The average molecular weight is 316 g/mol. The standard InChI is InChI=1S/C15H16N4O4/c1-22-9-4-2-8(3-5-9)13-11-10(6-7-19(13)15(17)21)23-18-12(11)14(16)20/h2-5,13H,6-7H2,1H3,(H2,16,20)(H2,17,21). The monoisotopic (exact) mass is 316 g/mol. The Hall–Kier alpha value is -3.03. The van der Waals surface area contributed by atoms with Crippen LogP contribution in [-0.4, -0.2) is 35.6 Å². The number of benzene rings is 1. The van der Waals surface area contributed by atoms with Crippen molar-refractivity contribution in [2.75, 3.05) is 13.7 Å². The van der Waals surface area contributed by atoms with Crippen molar-refractivity contribution in [3.8, 4) is 5.75 Å². The summed E-state index contributed by atoms with van der Waals surface area (Å²) in [6, 6.07) is 5.96. The molecule has 0 fully saturated rings. The van der Waals surface area contributed by atoms with Gasteiger partial charge < -0.3 is 25.6 Å². The summed E-state index contributed by atoms with van der Waals surface area (Å²) < 4.78 is 10.4. The molecule has 2 aromatic rings. The number of carbonyl (C=O) groups excluding carboxylic acids is 2. The molecule has 1 aromatic carbocycles. The predicted molar refractivity (Wildman–Crippen MR) is 79.9 cm³/mol. The van der Waals surface area contributed by atoms with Gasteiger partial charge in [0.1, 0.15) is 11.5 Å². The van der Waals surface area contributed by atoms with Gasteiger partial charge in [-0.25, -0.2) is 4.79 Å². The molecule has 1 aliphatic heterocycles. The number of rotatable bonds is 3. The lowest BCUT2D eigenvalue weighted by Crippen LogP contribution is -2.43. The summed E-state index contributed by atoms with van der Waals surface area (Å²) in [5.41, 5.74) is 12.1. The van der Waals surface area contributed by atoms with E-state index >= 15 is 0 Å². The van der Waals surface area contributed by atoms with Crippen LogP contribution in [0.3, 0.4) is 0 Å². The number of nitrogens with zero attached hydrogens (tertiary/aromatic N) is 2. The highest BCUT2D eigenvalue weighted by Crippen LogP contribution is 2.37. The topological polar surface area (TPSA) is 125 Å². The maximum Gasteiger partial charge on any atom is 0.315 e. The van der Waals surface area contributed by atoms with E-state index in [2.05, 4.69) is 5.16 Å². The fourth-order valence-electron chi connectivity index (χ4n) is 2.85. The van der Waals surface area contributed by atoms with E-state index in [0.29, 0.717) is 30.0 Å². The van der Waals surface area contributed by atoms with Crippen molar-refractivity contribution in [1.29, 1.82) is 0 Å². The van der Waals surface area contributed by atoms with Crippen LogP contribution < -0.4 is 16.2 Å². The van der Waals surface area contributed by atoms with Crippen LogP contribution in [0.25, 0.3) is 0 Å². The minimum absolute atomic E-state index is 0.0202. The molecule has 8 heteroatoms. The fourth-order valence-corrected chi connectivity index (χ4v) is 2.85. The molecule has 120 valence electrons. The van der Waals surface area contributed by atoms with Crippen LogP contribution in [0.5, 0.6) is 5.75 Å². The van der Waals surface area contributed by atoms with E-state index in [1.54, 1.807) is 31.4 Å². The molecule has 8 nitrogen and oxygen atoms in total. The summed E-state index contributed by atoms with van der Waals surface area (Å²) >= 11 is 0. The Morgan fingerprint density at radius 1 is 1.30 bits per heavy atom. The molecule has 0 aliphatic carbocycles. The second kappa shape index (κ2) is 5.64. The highest BCUT2D eigenvalue weighted by molar-refractivity contribution is 5.93. The van der Waals surface area contributed by atoms with Gasteiger partial charge in [-0.1, -0.05) is 17.3 Å². The molecule has 0 bridgehead atoms.